The zero-order chi connectivity index (χ0) is 23.1. The molecule has 0 aliphatic rings. The van der Waals surface area contributed by atoms with Gasteiger partial charge in [-0.05, 0) is 55.8 Å². The molecule has 5 nitrogen and oxygen atoms in total. The van der Waals surface area contributed by atoms with Crippen LogP contribution in [0.25, 0.3) is 33.2 Å². The highest BCUT2D eigenvalue weighted by atomic mass is 35.5. The Morgan fingerprint density at radius 3 is 2.52 bits per heavy atom. The van der Waals surface area contributed by atoms with Crippen LogP contribution in [0, 0.1) is 13.8 Å². The standard InChI is InChI=1S/C27H22ClN3O2/c1-16-4-7-18(8-5-16)15-31-24-12-20(28)10-11-21(24)25-26(31)22(27(32)33-3)13-23(30-25)19-9-6-17(2)29-14-19/h4-14H,15H2,1-3H3. The zero-order valence-electron chi connectivity index (χ0n) is 18.6. The zero-order valence-corrected chi connectivity index (χ0v) is 19.3. The fourth-order valence-corrected chi connectivity index (χ4v) is 4.29. The van der Waals surface area contributed by atoms with Gasteiger partial charge in [-0.3, -0.25) is 4.98 Å². The number of nitrogens with zero attached hydrogens (tertiary/aromatic N) is 3. The Morgan fingerprint density at radius 2 is 1.82 bits per heavy atom. The average Bonchev–Trinajstić information content (AvgIpc) is 3.12. The van der Waals surface area contributed by atoms with Gasteiger partial charge in [0.15, 0.2) is 0 Å². The van der Waals surface area contributed by atoms with Crippen molar-refractivity contribution in [2.45, 2.75) is 20.4 Å². The van der Waals surface area contributed by atoms with Crippen molar-refractivity contribution in [3.63, 3.8) is 0 Å². The molecule has 0 spiro atoms. The Bertz CT molecular complexity index is 1500. The van der Waals surface area contributed by atoms with Gasteiger partial charge in [-0.25, -0.2) is 9.78 Å². The van der Waals surface area contributed by atoms with E-state index in [0.29, 0.717) is 22.8 Å². The third-order valence-corrected chi connectivity index (χ3v) is 6.08. The number of hydrogen-bond acceptors (Lipinski definition) is 4. The van der Waals surface area contributed by atoms with E-state index < -0.39 is 5.97 Å². The van der Waals surface area contributed by atoms with Gasteiger partial charge in [0.05, 0.1) is 34.9 Å². The smallest absolute Gasteiger partial charge is 0.340 e. The minimum atomic E-state index is -0.414. The molecule has 0 aliphatic carbocycles. The lowest BCUT2D eigenvalue weighted by atomic mass is 10.1. The number of pyridine rings is 2. The number of hydrogen-bond donors (Lipinski definition) is 0. The van der Waals surface area contributed by atoms with Crippen molar-refractivity contribution in [1.82, 2.24) is 14.5 Å². The van der Waals surface area contributed by atoms with Crippen molar-refractivity contribution in [2.24, 2.45) is 0 Å². The van der Waals surface area contributed by atoms with Gasteiger partial charge in [-0.1, -0.05) is 41.4 Å². The normalized spacial score (nSPS) is 11.3. The SMILES string of the molecule is COC(=O)c1cc(-c2ccc(C)nc2)nc2c3ccc(Cl)cc3n(Cc3ccc(C)cc3)c12. The molecule has 0 aliphatic heterocycles. The Labute approximate surface area is 196 Å². The summed E-state index contributed by atoms with van der Waals surface area (Å²) < 4.78 is 7.27. The predicted octanol–water partition coefficient (Wildman–Crippen LogP) is 6.36. The van der Waals surface area contributed by atoms with Gasteiger partial charge in [0, 0.05) is 34.4 Å². The van der Waals surface area contributed by atoms with Gasteiger partial charge in [-0.15, -0.1) is 0 Å². The molecule has 3 heterocycles. The average molecular weight is 456 g/mol. The van der Waals surface area contributed by atoms with Crippen LogP contribution in [-0.4, -0.2) is 27.6 Å². The van der Waals surface area contributed by atoms with Crippen LogP contribution < -0.4 is 0 Å². The van der Waals surface area contributed by atoms with Crippen LogP contribution in [0.2, 0.25) is 5.02 Å². The molecule has 0 unspecified atom stereocenters. The molecule has 33 heavy (non-hydrogen) atoms. The summed E-state index contributed by atoms with van der Waals surface area (Å²) in [6.45, 7) is 4.56. The van der Waals surface area contributed by atoms with Crippen LogP contribution in [0.5, 0.6) is 0 Å². The van der Waals surface area contributed by atoms with Crippen molar-refractivity contribution in [3.8, 4) is 11.3 Å². The lowest BCUT2D eigenvalue weighted by Crippen LogP contribution is -2.08. The van der Waals surface area contributed by atoms with Gasteiger partial charge in [0.2, 0.25) is 0 Å². The third-order valence-electron chi connectivity index (χ3n) is 5.84. The minimum Gasteiger partial charge on any atom is -0.465 e. The summed E-state index contributed by atoms with van der Waals surface area (Å²) in [6.07, 6.45) is 1.77. The molecule has 0 radical (unpaired) electrons. The second-order valence-corrected chi connectivity index (χ2v) is 8.60. The first-order valence-corrected chi connectivity index (χ1v) is 11.0. The quantitative estimate of drug-likeness (QED) is 0.296. The molecule has 0 fully saturated rings. The van der Waals surface area contributed by atoms with E-state index in [0.717, 1.165) is 38.8 Å². The molecular weight excluding hydrogens is 434 g/mol. The number of benzene rings is 2. The molecule has 6 heteroatoms. The summed E-state index contributed by atoms with van der Waals surface area (Å²) in [6, 6.07) is 19.7. The molecule has 5 aromatic rings. The number of carbonyl (C=O) groups is 1. The van der Waals surface area contributed by atoms with E-state index in [9.17, 15) is 4.79 Å². The fourth-order valence-electron chi connectivity index (χ4n) is 4.12. The maximum absolute atomic E-state index is 13.0. The summed E-state index contributed by atoms with van der Waals surface area (Å²) in [5, 5.41) is 1.55. The highest BCUT2D eigenvalue weighted by molar-refractivity contribution is 6.31. The van der Waals surface area contributed by atoms with Crippen LogP contribution in [0.4, 0.5) is 0 Å². The Morgan fingerprint density at radius 1 is 1.03 bits per heavy atom. The van der Waals surface area contributed by atoms with E-state index in [1.54, 1.807) is 12.3 Å². The van der Waals surface area contributed by atoms with E-state index in [-0.39, 0.29) is 0 Å². The van der Waals surface area contributed by atoms with Gasteiger partial charge < -0.3 is 9.30 Å². The Kier molecular flexibility index (Phi) is 5.35. The van der Waals surface area contributed by atoms with Crippen LogP contribution >= 0.6 is 11.6 Å². The maximum Gasteiger partial charge on any atom is 0.340 e. The van der Waals surface area contributed by atoms with Gasteiger partial charge in [-0.2, -0.15) is 0 Å². The van der Waals surface area contributed by atoms with E-state index in [2.05, 4.69) is 40.7 Å². The predicted molar refractivity (Wildman–Crippen MR) is 132 cm³/mol. The molecular formula is C27H22ClN3O2. The second kappa shape index (κ2) is 8.34. The molecule has 0 bridgehead atoms. The fraction of sp³-hybridized carbons (Fsp3) is 0.148. The van der Waals surface area contributed by atoms with Crippen LogP contribution in [0.15, 0.2) is 66.9 Å². The van der Waals surface area contributed by atoms with Gasteiger partial charge in [0.1, 0.15) is 0 Å². The number of methoxy groups -OCH3 is 1. The number of carbonyl (C=O) groups excluding carboxylic acids is 1. The van der Waals surface area contributed by atoms with E-state index in [1.165, 1.54) is 12.7 Å². The second-order valence-electron chi connectivity index (χ2n) is 8.17. The summed E-state index contributed by atoms with van der Waals surface area (Å²) in [7, 11) is 1.39. The number of aromatic nitrogens is 3. The van der Waals surface area contributed by atoms with E-state index in [4.69, 9.17) is 21.3 Å². The van der Waals surface area contributed by atoms with Gasteiger partial charge in [0.25, 0.3) is 0 Å². The Hall–Kier alpha value is -3.70. The lowest BCUT2D eigenvalue weighted by molar-refractivity contribution is 0.0602. The molecule has 5 rings (SSSR count). The van der Waals surface area contributed by atoms with Crippen molar-refractivity contribution in [3.05, 3.63) is 94.3 Å². The highest BCUT2D eigenvalue weighted by Crippen LogP contribution is 2.35. The summed E-state index contributed by atoms with van der Waals surface area (Å²) in [4.78, 5) is 22.3. The topological polar surface area (TPSA) is 57.0 Å². The largest absolute Gasteiger partial charge is 0.465 e. The Balaban J connectivity index is 1.84. The monoisotopic (exact) mass is 455 g/mol. The van der Waals surface area contributed by atoms with Crippen molar-refractivity contribution in [2.75, 3.05) is 7.11 Å². The van der Waals surface area contributed by atoms with Crippen LogP contribution in [-0.2, 0) is 11.3 Å². The molecule has 0 atom stereocenters. The number of aryl methyl sites for hydroxylation is 2. The van der Waals surface area contributed by atoms with Crippen LogP contribution in [0.1, 0.15) is 27.2 Å². The molecule has 0 N–H and O–H groups in total. The molecule has 3 aromatic heterocycles. The van der Waals surface area contributed by atoms with Crippen molar-refractivity contribution < 1.29 is 9.53 Å². The molecule has 0 saturated heterocycles. The maximum atomic E-state index is 13.0. The van der Waals surface area contributed by atoms with Crippen molar-refractivity contribution >= 4 is 39.5 Å². The van der Waals surface area contributed by atoms with E-state index >= 15 is 0 Å². The summed E-state index contributed by atoms with van der Waals surface area (Å²) in [5.74, 6) is -0.414. The van der Waals surface area contributed by atoms with E-state index in [1.807, 2.05) is 37.3 Å². The number of ether oxygens (including phenoxy) is 1. The number of rotatable bonds is 4. The number of fused-ring (bicyclic) bond motifs is 3. The first kappa shape index (κ1) is 21.2. The number of halogens is 1. The third kappa shape index (κ3) is 3.85. The molecule has 2 aromatic carbocycles. The molecule has 164 valence electrons. The van der Waals surface area contributed by atoms with Crippen molar-refractivity contribution in [1.29, 1.82) is 0 Å². The molecule has 0 saturated carbocycles. The number of esters is 1. The highest BCUT2D eigenvalue weighted by Gasteiger charge is 2.22. The first-order valence-electron chi connectivity index (χ1n) is 10.6. The van der Waals surface area contributed by atoms with Gasteiger partial charge >= 0.3 is 5.97 Å². The first-order chi connectivity index (χ1) is 15.9. The lowest BCUT2D eigenvalue weighted by Gasteiger charge is -2.12. The summed E-state index contributed by atoms with van der Waals surface area (Å²) in [5.41, 5.74) is 7.54. The summed E-state index contributed by atoms with van der Waals surface area (Å²) >= 11 is 6.38. The van der Waals surface area contributed by atoms with Crippen LogP contribution in [0.3, 0.4) is 0 Å². The molecule has 0 amide bonds. The minimum absolute atomic E-state index is 0.414.